The Kier molecular flexibility index (Phi) is 15.5. The zero-order valence-electron chi connectivity index (χ0n) is 39.3. The van der Waals surface area contributed by atoms with Gasteiger partial charge in [-0.2, -0.15) is 0 Å². The van der Waals surface area contributed by atoms with Crippen LogP contribution < -0.4 is 9.47 Å². The first-order valence-corrected chi connectivity index (χ1v) is 21.6. The first kappa shape index (κ1) is 48.7. The molecule has 8 nitrogen and oxygen atoms in total. The Bertz CT molecular complexity index is 1920. The molecule has 4 aromatic rings. The normalized spacial score (nSPS) is 13.6. The summed E-state index contributed by atoms with van der Waals surface area (Å²) < 4.78 is 23.5. The zero-order valence-corrected chi connectivity index (χ0v) is 39.3. The van der Waals surface area contributed by atoms with Crippen LogP contribution in [0.3, 0.4) is 0 Å². The number of phenolic OH excluding ortho intramolecular Hbond substituents is 2. The molecule has 61 heavy (non-hydrogen) atoms. The highest BCUT2D eigenvalue weighted by atomic mass is 16.6. The fraction of sp³-hybridized carbons (Fsp3) is 0.509. The van der Waals surface area contributed by atoms with Crippen molar-refractivity contribution in [3.63, 3.8) is 0 Å². The number of esters is 2. The van der Waals surface area contributed by atoms with E-state index in [1.54, 1.807) is 12.1 Å². The van der Waals surface area contributed by atoms with Crippen LogP contribution in [0.4, 0.5) is 0 Å². The van der Waals surface area contributed by atoms with Gasteiger partial charge < -0.3 is 29.2 Å². The molecule has 0 saturated heterocycles. The molecule has 0 radical (unpaired) electrons. The van der Waals surface area contributed by atoms with Crippen molar-refractivity contribution in [3.8, 4) is 23.0 Å². The summed E-state index contributed by atoms with van der Waals surface area (Å²) in [4.78, 5) is 26.9. The molecule has 4 rings (SSSR count). The number of carbonyl (C=O) groups is 2. The molecule has 0 amide bonds. The predicted octanol–water partition coefficient (Wildman–Crippen LogP) is 12.3. The maximum Gasteiger partial charge on any atom is 0.313 e. The molecule has 0 fully saturated rings. The highest BCUT2D eigenvalue weighted by molar-refractivity contribution is 5.79. The summed E-state index contributed by atoms with van der Waals surface area (Å²) in [6.45, 7) is 29.9. The van der Waals surface area contributed by atoms with Crippen molar-refractivity contribution < 1.29 is 38.7 Å². The summed E-state index contributed by atoms with van der Waals surface area (Å²) in [7, 11) is 0. The average molecular weight is 837 g/mol. The molecule has 0 aliphatic rings. The third-order valence-electron chi connectivity index (χ3n) is 11.0. The molecule has 0 spiro atoms. The Morgan fingerprint density at radius 1 is 0.475 bits per heavy atom. The molecule has 4 aromatic carbocycles. The number of benzene rings is 4. The van der Waals surface area contributed by atoms with Gasteiger partial charge in [0.15, 0.2) is 0 Å². The average Bonchev–Trinajstić information content (AvgIpc) is 3.15. The first-order chi connectivity index (χ1) is 28.2. The summed E-state index contributed by atoms with van der Waals surface area (Å²) in [6, 6.07) is 26.8. The van der Waals surface area contributed by atoms with Gasteiger partial charge in [0.2, 0.25) is 0 Å². The second-order valence-electron chi connectivity index (χ2n) is 21.4. The largest absolute Gasteiger partial charge is 0.508 e. The molecule has 0 aliphatic heterocycles. The third-order valence-corrected chi connectivity index (χ3v) is 11.0. The van der Waals surface area contributed by atoms with Crippen LogP contribution in [0.25, 0.3) is 0 Å². The molecule has 0 heterocycles. The number of phenols is 2. The minimum Gasteiger partial charge on any atom is -0.508 e. The number of carbonyl (C=O) groups excluding carboxylic acids is 2. The van der Waals surface area contributed by atoms with Crippen LogP contribution in [0.2, 0.25) is 0 Å². The third kappa shape index (κ3) is 14.0. The summed E-state index contributed by atoms with van der Waals surface area (Å²) in [5, 5.41) is 21.0. The molecule has 2 unspecified atom stereocenters. The van der Waals surface area contributed by atoms with Gasteiger partial charge in [-0.15, -0.1) is 0 Å². The lowest BCUT2D eigenvalue weighted by molar-refractivity contribution is -0.147. The van der Waals surface area contributed by atoms with Crippen molar-refractivity contribution in [1.82, 2.24) is 0 Å². The van der Waals surface area contributed by atoms with Gasteiger partial charge in [-0.1, -0.05) is 145 Å². The van der Waals surface area contributed by atoms with Crippen molar-refractivity contribution in [1.29, 1.82) is 0 Å². The van der Waals surface area contributed by atoms with Crippen molar-refractivity contribution in [3.05, 3.63) is 118 Å². The van der Waals surface area contributed by atoms with Gasteiger partial charge in [0.1, 0.15) is 49.4 Å². The van der Waals surface area contributed by atoms with E-state index in [2.05, 4.69) is 55.4 Å². The van der Waals surface area contributed by atoms with Crippen LogP contribution in [0.5, 0.6) is 23.0 Å². The van der Waals surface area contributed by atoms with E-state index in [-0.39, 0.29) is 76.9 Å². The molecule has 2 N–H and O–H groups in total. The van der Waals surface area contributed by atoms with E-state index in [0.717, 1.165) is 33.4 Å². The number of ether oxygens (including phenoxy) is 4. The maximum atomic E-state index is 13.5. The first-order valence-electron chi connectivity index (χ1n) is 21.6. The minimum absolute atomic E-state index is 0.115. The molecular weight excluding hydrogens is 765 g/mol. The molecule has 0 aromatic heterocycles. The van der Waals surface area contributed by atoms with Gasteiger partial charge in [-0.25, -0.2) is 0 Å². The second-order valence-corrected chi connectivity index (χ2v) is 21.4. The second kappa shape index (κ2) is 19.4. The van der Waals surface area contributed by atoms with Gasteiger partial charge in [-0.3, -0.25) is 9.59 Å². The van der Waals surface area contributed by atoms with Gasteiger partial charge in [-0.05, 0) is 104 Å². The number of rotatable bonds is 16. The Labute approximate surface area is 366 Å². The molecule has 8 heteroatoms. The topological polar surface area (TPSA) is 112 Å². The van der Waals surface area contributed by atoms with Crippen molar-refractivity contribution in [2.45, 2.75) is 138 Å². The van der Waals surface area contributed by atoms with Crippen LogP contribution >= 0.6 is 0 Å². The molecule has 0 bridgehead atoms. The Balaban J connectivity index is 1.29. The summed E-state index contributed by atoms with van der Waals surface area (Å²) in [5.41, 5.74) is 4.39. The number of hydrogen-bond acceptors (Lipinski definition) is 8. The number of aromatic hydroxyl groups is 2. The van der Waals surface area contributed by atoms with E-state index < -0.39 is 11.8 Å². The quantitative estimate of drug-likeness (QED) is 0.0848. The van der Waals surface area contributed by atoms with Gasteiger partial charge in [0.05, 0.1) is 11.8 Å². The Morgan fingerprint density at radius 2 is 0.803 bits per heavy atom. The fourth-order valence-corrected chi connectivity index (χ4v) is 7.55. The van der Waals surface area contributed by atoms with Crippen LogP contribution in [0.15, 0.2) is 84.9 Å². The zero-order chi connectivity index (χ0) is 45.6. The van der Waals surface area contributed by atoms with Crippen LogP contribution in [-0.2, 0) is 35.3 Å². The lowest BCUT2D eigenvalue weighted by Gasteiger charge is -2.27. The molecule has 2 atom stereocenters. The van der Waals surface area contributed by atoms with E-state index >= 15 is 0 Å². The highest BCUT2D eigenvalue weighted by Crippen LogP contribution is 2.40. The predicted molar refractivity (Wildman–Crippen MR) is 245 cm³/mol. The van der Waals surface area contributed by atoms with Crippen LogP contribution in [-0.4, -0.2) is 48.6 Å². The molecule has 0 aliphatic carbocycles. The Hall–Kier alpha value is -4.98. The van der Waals surface area contributed by atoms with Gasteiger partial charge in [0, 0.05) is 5.41 Å². The van der Waals surface area contributed by atoms with Crippen molar-refractivity contribution >= 4 is 11.9 Å². The summed E-state index contributed by atoms with van der Waals surface area (Å²) in [5.74, 6) is 0.274. The van der Waals surface area contributed by atoms with E-state index in [9.17, 15) is 19.8 Å². The maximum absolute atomic E-state index is 13.5. The monoisotopic (exact) mass is 837 g/mol. The van der Waals surface area contributed by atoms with Gasteiger partial charge in [0.25, 0.3) is 0 Å². The summed E-state index contributed by atoms with van der Waals surface area (Å²) in [6.07, 6.45) is 1.21. The van der Waals surface area contributed by atoms with Crippen molar-refractivity contribution in [2.24, 2.45) is 10.8 Å². The fourth-order valence-electron chi connectivity index (χ4n) is 7.55. The lowest BCUT2D eigenvalue weighted by atomic mass is 9.78. The summed E-state index contributed by atoms with van der Waals surface area (Å²) >= 11 is 0. The standard InChI is InChI=1S/C53H72O8/c1-49(2,3)33-41(35-15-25-45(54)43(31-35)51(7,8)9)47(56)60-29-27-58-39-21-17-37(18-22-39)53(13,14)38-19-23-40(24-20-38)59-28-30-61-48(57)42(34-50(4,5)6)36-16-26-46(55)44(32-36)52(10,11)12/h15-26,31-32,41-42,54-55H,27-30,33-34H2,1-14H3. The van der Waals surface area contributed by atoms with E-state index in [4.69, 9.17) is 18.9 Å². The van der Waals surface area contributed by atoms with Crippen LogP contribution in [0, 0.1) is 10.8 Å². The van der Waals surface area contributed by atoms with E-state index in [1.165, 1.54) is 0 Å². The SMILES string of the molecule is CC(C)(C)CC(C(=O)OCCOc1ccc(C(C)(C)c2ccc(OCCOC(=O)C(CC(C)(C)C)c3ccc(O)c(C(C)(C)C)c3)cc2)cc1)c1ccc(O)c(C(C)(C)C)c1. The van der Waals surface area contributed by atoms with Crippen LogP contribution in [0.1, 0.15) is 155 Å². The lowest BCUT2D eigenvalue weighted by Crippen LogP contribution is -2.24. The smallest absolute Gasteiger partial charge is 0.313 e. The minimum atomic E-state index is -0.467. The van der Waals surface area contributed by atoms with E-state index in [0.29, 0.717) is 24.3 Å². The van der Waals surface area contributed by atoms with Crippen molar-refractivity contribution in [2.75, 3.05) is 26.4 Å². The molecule has 332 valence electrons. The molecular formula is C53H72O8. The van der Waals surface area contributed by atoms with E-state index in [1.807, 2.05) is 114 Å². The number of hydrogen-bond donors (Lipinski definition) is 2. The highest BCUT2D eigenvalue weighted by Gasteiger charge is 2.32. The Morgan fingerprint density at radius 3 is 1.10 bits per heavy atom. The molecule has 0 saturated carbocycles. The van der Waals surface area contributed by atoms with Gasteiger partial charge >= 0.3 is 11.9 Å².